The average Bonchev–Trinajstić information content (AvgIpc) is 2.78. The highest BCUT2D eigenvalue weighted by Gasteiger charge is 2.50. The van der Waals surface area contributed by atoms with Gasteiger partial charge in [0.15, 0.2) is 0 Å². The van der Waals surface area contributed by atoms with Crippen LogP contribution in [0.1, 0.15) is 64.6 Å². The summed E-state index contributed by atoms with van der Waals surface area (Å²) in [4.78, 5) is 18.2. The second-order valence-electron chi connectivity index (χ2n) is 10.6. The maximum Gasteiger partial charge on any atom is 0.414 e. The van der Waals surface area contributed by atoms with Crippen molar-refractivity contribution in [2.45, 2.75) is 66.0 Å². The summed E-state index contributed by atoms with van der Waals surface area (Å²) >= 11 is 0. The SMILES string of the molecule is CC(C)Cc1ccc(C(C)NCC(O)COCC2=CCC3CC2C3(C)C)cc1.O=C(O)C(=O)O. The second kappa shape index (κ2) is 12.5. The summed E-state index contributed by atoms with van der Waals surface area (Å²) in [5.41, 5.74) is 4.53. The number of ether oxygens (including phenoxy) is 1. The molecular formula is C27H41NO6. The predicted octanol–water partition coefficient (Wildman–Crippen LogP) is 4.06. The predicted molar refractivity (Wildman–Crippen MR) is 132 cm³/mol. The Balaban J connectivity index is 0.000000604. The fourth-order valence-corrected chi connectivity index (χ4v) is 4.86. The van der Waals surface area contributed by atoms with Crippen molar-refractivity contribution in [1.29, 1.82) is 0 Å². The molecule has 4 rings (SSSR count). The van der Waals surface area contributed by atoms with E-state index in [1.807, 2.05) is 0 Å². The first-order valence-electron chi connectivity index (χ1n) is 12.1. The molecule has 3 aliphatic rings. The van der Waals surface area contributed by atoms with Crippen molar-refractivity contribution >= 4 is 11.9 Å². The van der Waals surface area contributed by atoms with E-state index < -0.39 is 18.0 Å². The molecule has 0 spiro atoms. The van der Waals surface area contributed by atoms with Gasteiger partial charge >= 0.3 is 11.9 Å². The summed E-state index contributed by atoms with van der Waals surface area (Å²) in [5.74, 6) is -1.43. The van der Waals surface area contributed by atoms with E-state index in [-0.39, 0.29) is 6.04 Å². The molecule has 1 saturated carbocycles. The molecular weight excluding hydrogens is 434 g/mol. The Morgan fingerprint density at radius 1 is 1.12 bits per heavy atom. The van der Waals surface area contributed by atoms with Gasteiger partial charge in [-0.1, -0.05) is 58.0 Å². The number of carboxylic acid groups (broad SMARTS) is 2. The van der Waals surface area contributed by atoms with Gasteiger partial charge in [0.2, 0.25) is 0 Å². The second-order valence-corrected chi connectivity index (χ2v) is 10.6. The highest BCUT2D eigenvalue weighted by Crippen LogP contribution is 2.59. The van der Waals surface area contributed by atoms with Crippen LogP contribution < -0.4 is 5.32 Å². The molecule has 1 fully saturated rings. The third-order valence-electron chi connectivity index (χ3n) is 7.13. The fraction of sp³-hybridized carbons (Fsp3) is 0.630. The lowest BCUT2D eigenvalue weighted by Gasteiger charge is -2.56. The molecule has 0 aromatic heterocycles. The summed E-state index contributed by atoms with van der Waals surface area (Å²) in [6.07, 6.45) is 5.53. The lowest BCUT2D eigenvalue weighted by Crippen LogP contribution is -2.48. The Morgan fingerprint density at radius 2 is 1.74 bits per heavy atom. The minimum atomic E-state index is -1.82. The molecule has 0 amide bonds. The number of rotatable bonds is 10. The van der Waals surface area contributed by atoms with E-state index in [1.54, 1.807) is 0 Å². The zero-order valence-electron chi connectivity index (χ0n) is 21.1. The first-order chi connectivity index (χ1) is 15.9. The molecule has 0 aliphatic heterocycles. The van der Waals surface area contributed by atoms with Crippen LogP contribution in [0.2, 0.25) is 0 Å². The molecule has 2 bridgehead atoms. The molecule has 4 atom stereocenters. The van der Waals surface area contributed by atoms with Gasteiger partial charge in [0, 0.05) is 12.6 Å². The van der Waals surface area contributed by atoms with E-state index >= 15 is 0 Å². The van der Waals surface area contributed by atoms with Crippen molar-refractivity contribution in [3.63, 3.8) is 0 Å². The number of aliphatic hydroxyl groups excluding tert-OH is 1. The van der Waals surface area contributed by atoms with E-state index in [2.05, 4.69) is 70.3 Å². The van der Waals surface area contributed by atoms with Crippen molar-refractivity contribution in [2.24, 2.45) is 23.2 Å². The van der Waals surface area contributed by atoms with Crippen LogP contribution in [0.15, 0.2) is 35.9 Å². The van der Waals surface area contributed by atoms with Crippen molar-refractivity contribution in [3.05, 3.63) is 47.0 Å². The maximum absolute atomic E-state index is 10.3. The molecule has 7 heteroatoms. The van der Waals surface area contributed by atoms with Crippen LogP contribution in [-0.2, 0) is 20.7 Å². The van der Waals surface area contributed by atoms with Crippen molar-refractivity contribution in [1.82, 2.24) is 5.32 Å². The molecule has 4 unspecified atom stereocenters. The lowest BCUT2D eigenvalue weighted by atomic mass is 9.49. The van der Waals surface area contributed by atoms with Crippen LogP contribution in [0.3, 0.4) is 0 Å². The van der Waals surface area contributed by atoms with Gasteiger partial charge in [-0.2, -0.15) is 0 Å². The quantitative estimate of drug-likeness (QED) is 0.298. The Bertz CT molecular complexity index is 833. The van der Waals surface area contributed by atoms with Gasteiger partial charge in [-0.25, -0.2) is 9.59 Å². The fourth-order valence-electron chi connectivity index (χ4n) is 4.86. The van der Waals surface area contributed by atoms with Gasteiger partial charge < -0.3 is 25.4 Å². The normalized spacial score (nSPS) is 22.0. The largest absolute Gasteiger partial charge is 0.473 e. The van der Waals surface area contributed by atoms with Crippen molar-refractivity contribution < 1.29 is 29.6 Å². The molecule has 4 N–H and O–H groups in total. The number of aliphatic carboxylic acids is 2. The zero-order chi connectivity index (χ0) is 25.5. The molecule has 7 nitrogen and oxygen atoms in total. The summed E-state index contributed by atoms with van der Waals surface area (Å²) in [5, 5.41) is 28.5. The van der Waals surface area contributed by atoms with Crippen LogP contribution >= 0.6 is 0 Å². The Kier molecular flexibility index (Phi) is 10.3. The number of hydrogen-bond acceptors (Lipinski definition) is 5. The monoisotopic (exact) mass is 475 g/mol. The highest BCUT2D eigenvalue weighted by molar-refractivity contribution is 6.27. The molecule has 0 radical (unpaired) electrons. The smallest absolute Gasteiger partial charge is 0.414 e. The average molecular weight is 476 g/mol. The van der Waals surface area contributed by atoms with E-state index in [1.165, 1.54) is 29.5 Å². The number of benzene rings is 1. The number of allylic oxidation sites excluding steroid dienone is 1. The summed E-state index contributed by atoms with van der Waals surface area (Å²) < 4.78 is 5.86. The van der Waals surface area contributed by atoms with Gasteiger partial charge in [-0.05, 0) is 66.1 Å². The van der Waals surface area contributed by atoms with E-state index in [0.717, 1.165) is 12.3 Å². The molecule has 0 saturated heterocycles. The number of carbonyl (C=O) groups is 2. The van der Waals surface area contributed by atoms with E-state index in [9.17, 15) is 5.11 Å². The number of nitrogens with one attached hydrogen (secondary N) is 1. The first kappa shape index (κ1) is 28.0. The van der Waals surface area contributed by atoms with Crippen LogP contribution in [0.4, 0.5) is 0 Å². The molecule has 1 aromatic carbocycles. The van der Waals surface area contributed by atoms with Crippen LogP contribution in [0.25, 0.3) is 0 Å². The Labute approximate surface area is 203 Å². The topological polar surface area (TPSA) is 116 Å². The zero-order valence-corrected chi connectivity index (χ0v) is 21.1. The van der Waals surface area contributed by atoms with Gasteiger partial charge in [-0.15, -0.1) is 0 Å². The summed E-state index contributed by atoms with van der Waals surface area (Å²) in [7, 11) is 0. The molecule has 0 heterocycles. The van der Waals surface area contributed by atoms with Crippen molar-refractivity contribution in [3.8, 4) is 0 Å². The van der Waals surface area contributed by atoms with Gasteiger partial charge in [0.1, 0.15) is 0 Å². The van der Waals surface area contributed by atoms with Gasteiger partial charge in [-0.3, -0.25) is 0 Å². The minimum Gasteiger partial charge on any atom is -0.473 e. The van der Waals surface area contributed by atoms with E-state index in [0.29, 0.717) is 37.0 Å². The van der Waals surface area contributed by atoms with Crippen LogP contribution in [0, 0.1) is 23.2 Å². The standard InChI is InChI=1S/C25H39NO2.C2H2O4/c1-17(2)12-19-6-8-20(9-7-19)18(3)26-14-23(27)16-28-15-21-10-11-22-13-24(21)25(22,4)5;3-1(4)2(5)6/h6-10,17-18,22-24,26-27H,11-16H2,1-5H3;(H,3,4)(H,5,6). The number of carboxylic acids is 2. The highest BCUT2D eigenvalue weighted by atomic mass is 16.5. The Morgan fingerprint density at radius 3 is 2.24 bits per heavy atom. The number of aliphatic hydroxyl groups is 1. The van der Waals surface area contributed by atoms with Gasteiger partial charge in [0.05, 0.1) is 19.3 Å². The summed E-state index contributed by atoms with van der Waals surface area (Å²) in [6.45, 7) is 13.0. The molecule has 1 aromatic rings. The molecule has 3 aliphatic carbocycles. The van der Waals surface area contributed by atoms with Crippen molar-refractivity contribution in [2.75, 3.05) is 19.8 Å². The number of hydrogen-bond donors (Lipinski definition) is 4. The lowest BCUT2D eigenvalue weighted by molar-refractivity contribution is -0.159. The Hall–Kier alpha value is -2.22. The third-order valence-corrected chi connectivity index (χ3v) is 7.13. The number of fused-ring (bicyclic) bond motifs is 1. The minimum absolute atomic E-state index is 0.219. The van der Waals surface area contributed by atoms with E-state index in [4.69, 9.17) is 24.5 Å². The summed E-state index contributed by atoms with van der Waals surface area (Å²) in [6, 6.07) is 9.05. The molecule has 190 valence electrons. The van der Waals surface area contributed by atoms with Crippen LogP contribution in [0.5, 0.6) is 0 Å². The third kappa shape index (κ3) is 7.93. The molecule has 34 heavy (non-hydrogen) atoms. The van der Waals surface area contributed by atoms with Crippen LogP contribution in [-0.4, -0.2) is 53.1 Å². The first-order valence-corrected chi connectivity index (χ1v) is 12.1. The maximum atomic E-state index is 10.3. The van der Waals surface area contributed by atoms with Gasteiger partial charge in [0.25, 0.3) is 0 Å².